The molecule has 2 fully saturated rings. The fourth-order valence-electron chi connectivity index (χ4n) is 2.84. The Morgan fingerprint density at radius 3 is 2.67 bits per heavy atom. The summed E-state index contributed by atoms with van der Waals surface area (Å²) in [5, 5.41) is 6.73. The van der Waals surface area contributed by atoms with Gasteiger partial charge in [-0.05, 0) is 25.7 Å². The fraction of sp³-hybridized carbons (Fsp3) is 0.941. The molecule has 0 aromatic rings. The van der Waals surface area contributed by atoms with Crippen LogP contribution >= 0.6 is 0 Å². The molecule has 1 saturated heterocycles. The highest BCUT2D eigenvalue weighted by Crippen LogP contribution is 2.25. The number of ether oxygens (including phenoxy) is 3. The zero-order valence-corrected chi connectivity index (χ0v) is 15.3. The molecule has 0 radical (unpaired) electrons. The first-order valence-corrected chi connectivity index (χ1v) is 9.20. The van der Waals surface area contributed by atoms with Crippen LogP contribution in [0, 0.1) is 0 Å². The van der Waals surface area contributed by atoms with E-state index in [0.29, 0.717) is 6.10 Å². The van der Waals surface area contributed by atoms with Gasteiger partial charge in [0.2, 0.25) is 0 Å². The largest absolute Gasteiger partial charge is 0.383 e. The summed E-state index contributed by atoms with van der Waals surface area (Å²) in [6, 6.07) is 0.758. The highest BCUT2D eigenvalue weighted by Gasteiger charge is 2.28. The van der Waals surface area contributed by atoms with Crippen molar-refractivity contribution < 1.29 is 14.2 Å². The SMILES string of the molecule is CN=C(NCCCOC1CCOC1)NCCN(CCOC)C1CC1. The van der Waals surface area contributed by atoms with Gasteiger partial charge in [-0.1, -0.05) is 0 Å². The fourth-order valence-corrected chi connectivity index (χ4v) is 2.84. The Labute approximate surface area is 146 Å². The molecule has 2 N–H and O–H groups in total. The number of aliphatic imine (C=N–C) groups is 1. The maximum atomic E-state index is 5.76. The number of hydrogen-bond donors (Lipinski definition) is 2. The topological polar surface area (TPSA) is 67.4 Å². The maximum absolute atomic E-state index is 5.76. The summed E-state index contributed by atoms with van der Waals surface area (Å²) < 4.78 is 16.2. The van der Waals surface area contributed by atoms with Gasteiger partial charge in [0.15, 0.2) is 5.96 Å². The van der Waals surface area contributed by atoms with E-state index in [1.807, 2.05) is 7.05 Å². The molecule has 1 saturated carbocycles. The van der Waals surface area contributed by atoms with Gasteiger partial charge >= 0.3 is 0 Å². The van der Waals surface area contributed by atoms with Crippen LogP contribution in [0.25, 0.3) is 0 Å². The molecule has 0 aromatic carbocycles. The van der Waals surface area contributed by atoms with Crippen LogP contribution in [0.4, 0.5) is 0 Å². The van der Waals surface area contributed by atoms with Crippen molar-refractivity contribution in [3.8, 4) is 0 Å². The quantitative estimate of drug-likeness (QED) is 0.305. The van der Waals surface area contributed by atoms with E-state index in [2.05, 4.69) is 20.5 Å². The lowest BCUT2D eigenvalue weighted by atomic mass is 10.3. The standard InChI is InChI=1S/C17H34N4O3/c1-18-17(19-7-3-11-24-16-6-12-23-14-16)20-8-9-21(10-13-22-2)15-4-5-15/h15-16H,3-14H2,1-2H3,(H2,18,19,20). The molecule has 1 aliphatic carbocycles. The molecule has 0 amide bonds. The lowest BCUT2D eigenvalue weighted by Gasteiger charge is -2.22. The first-order chi connectivity index (χ1) is 11.8. The summed E-state index contributed by atoms with van der Waals surface area (Å²) in [6.45, 7) is 6.95. The van der Waals surface area contributed by atoms with Crippen molar-refractivity contribution in [2.75, 3.05) is 66.8 Å². The first-order valence-electron chi connectivity index (χ1n) is 9.20. The van der Waals surface area contributed by atoms with Gasteiger partial charge in [-0.3, -0.25) is 9.89 Å². The second-order valence-electron chi connectivity index (χ2n) is 6.40. The van der Waals surface area contributed by atoms with Gasteiger partial charge in [-0.2, -0.15) is 0 Å². The van der Waals surface area contributed by atoms with Gasteiger partial charge in [0.05, 0.1) is 19.3 Å². The second kappa shape index (κ2) is 11.6. The lowest BCUT2D eigenvalue weighted by Crippen LogP contribution is -2.43. The molecule has 1 heterocycles. The van der Waals surface area contributed by atoms with E-state index in [4.69, 9.17) is 14.2 Å². The van der Waals surface area contributed by atoms with Crippen molar-refractivity contribution in [1.82, 2.24) is 15.5 Å². The third kappa shape index (κ3) is 7.79. The van der Waals surface area contributed by atoms with Gasteiger partial charge in [-0.15, -0.1) is 0 Å². The third-order valence-electron chi connectivity index (χ3n) is 4.42. The summed E-state index contributed by atoms with van der Waals surface area (Å²) in [6.07, 6.45) is 4.94. The summed E-state index contributed by atoms with van der Waals surface area (Å²) in [4.78, 5) is 6.77. The van der Waals surface area contributed by atoms with E-state index in [-0.39, 0.29) is 0 Å². The van der Waals surface area contributed by atoms with Crippen LogP contribution < -0.4 is 10.6 Å². The zero-order chi connectivity index (χ0) is 17.0. The molecular formula is C17H34N4O3. The molecule has 7 heteroatoms. The van der Waals surface area contributed by atoms with Crippen molar-refractivity contribution in [2.45, 2.75) is 37.8 Å². The van der Waals surface area contributed by atoms with Gasteiger partial charge in [0, 0.05) is 59.6 Å². The maximum Gasteiger partial charge on any atom is 0.191 e. The Kier molecular flexibility index (Phi) is 9.42. The normalized spacial score (nSPS) is 21.5. The van der Waals surface area contributed by atoms with Crippen LogP contribution in [0.5, 0.6) is 0 Å². The minimum atomic E-state index is 0.294. The van der Waals surface area contributed by atoms with Gasteiger partial charge in [0.25, 0.3) is 0 Å². The predicted octanol–water partition coefficient (Wildman–Crippen LogP) is 0.458. The molecule has 0 bridgehead atoms. The highest BCUT2D eigenvalue weighted by molar-refractivity contribution is 5.79. The molecule has 1 atom stereocenters. The van der Waals surface area contributed by atoms with Crippen LogP contribution in [0.1, 0.15) is 25.7 Å². The highest BCUT2D eigenvalue weighted by atomic mass is 16.5. The van der Waals surface area contributed by atoms with Crippen LogP contribution in [0.2, 0.25) is 0 Å². The summed E-state index contributed by atoms with van der Waals surface area (Å²) in [5.41, 5.74) is 0. The average Bonchev–Trinajstić information content (AvgIpc) is 3.31. The van der Waals surface area contributed by atoms with Crippen molar-refractivity contribution in [1.29, 1.82) is 0 Å². The number of methoxy groups -OCH3 is 1. The van der Waals surface area contributed by atoms with E-state index < -0.39 is 0 Å². The Hall–Kier alpha value is -0.890. The summed E-state index contributed by atoms with van der Waals surface area (Å²) in [5.74, 6) is 0.863. The summed E-state index contributed by atoms with van der Waals surface area (Å²) >= 11 is 0. The van der Waals surface area contributed by atoms with E-state index in [0.717, 1.165) is 77.4 Å². The van der Waals surface area contributed by atoms with Crippen molar-refractivity contribution in [3.63, 3.8) is 0 Å². The average molecular weight is 342 g/mol. The van der Waals surface area contributed by atoms with E-state index >= 15 is 0 Å². The van der Waals surface area contributed by atoms with Crippen LogP contribution in [0.15, 0.2) is 4.99 Å². The number of nitrogens with zero attached hydrogens (tertiary/aromatic N) is 2. The minimum Gasteiger partial charge on any atom is -0.383 e. The number of rotatable bonds is 12. The first kappa shape index (κ1) is 19.4. The molecule has 24 heavy (non-hydrogen) atoms. The Morgan fingerprint density at radius 2 is 2.00 bits per heavy atom. The molecular weight excluding hydrogens is 308 g/mol. The molecule has 0 spiro atoms. The molecule has 7 nitrogen and oxygen atoms in total. The van der Waals surface area contributed by atoms with Gasteiger partial charge in [-0.25, -0.2) is 0 Å². The van der Waals surface area contributed by atoms with Crippen molar-refractivity contribution >= 4 is 5.96 Å². The molecule has 1 unspecified atom stereocenters. The number of hydrogen-bond acceptors (Lipinski definition) is 5. The van der Waals surface area contributed by atoms with E-state index in [1.54, 1.807) is 7.11 Å². The van der Waals surface area contributed by atoms with E-state index in [1.165, 1.54) is 12.8 Å². The van der Waals surface area contributed by atoms with Crippen LogP contribution in [0.3, 0.4) is 0 Å². The molecule has 1 aliphatic heterocycles. The molecule has 140 valence electrons. The van der Waals surface area contributed by atoms with Gasteiger partial charge < -0.3 is 24.8 Å². The Balaban J connectivity index is 1.49. The second-order valence-corrected chi connectivity index (χ2v) is 6.40. The Morgan fingerprint density at radius 1 is 1.17 bits per heavy atom. The predicted molar refractivity (Wildman–Crippen MR) is 95.6 cm³/mol. The van der Waals surface area contributed by atoms with Crippen LogP contribution in [-0.2, 0) is 14.2 Å². The Bertz CT molecular complexity index is 358. The zero-order valence-electron chi connectivity index (χ0n) is 15.3. The molecule has 2 aliphatic rings. The summed E-state index contributed by atoms with van der Waals surface area (Å²) in [7, 11) is 3.57. The molecule has 2 rings (SSSR count). The third-order valence-corrected chi connectivity index (χ3v) is 4.42. The smallest absolute Gasteiger partial charge is 0.191 e. The van der Waals surface area contributed by atoms with Crippen molar-refractivity contribution in [2.24, 2.45) is 4.99 Å². The number of guanidine groups is 1. The van der Waals surface area contributed by atoms with Crippen LogP contribution in [-0.4, -0.2) is 89.8 Å². The van der Waals surface area contributed by atoms with Crippen molar-refractivity contribution in [3.05, 3.63) is 0 Å². The number of nitrogens with one attached hydrogen (secondary N) is 2. The minimum absolute atomic E-state index is 0.294. The van der Waals surface area contributed by atoms with Gasteiger partial charge in [0.1, 0.15) is 0 Å². The monoisotopic (exact) mass is 342 g/mol. The van der Waals surface area contributed by atoms with E-state index in [9.17, 15) is 0 Å². The molecule has 0 aromatic heterocycles. The lowest BCUT2D eigenvalue weighted by molar-refractivity contribution is 0.0420.